The third-order valence-corrected chi connectivity index (χ3v) is 5.87. The van der Waals surface area contributed by atoms with Crippen LogP contribution in [0.25, 0.3) is 0 Å². The zero-order valence-corrected chi connectivity index (χ0v) is 17.2. The topological polar surface area (TPSA) is 61.8 Å². The fourth-order valence-corrected chi connectivity index (χ4v) is 4.38. The first-order chi connectivity index (χ1) is 12.2. The second kappa shape index (κ2) is 11.7. The van der Waals surface area contributed by atoms with Crippen LogP contribution < -0.4 is 10.6 Å². The average molecular weight is 386 g/mol. The lowest BCUT2D eigenvalue weighted by Crippen LogP contribution is -2.50. The van der Waals surface area contributed by atoms with E-state index in [9.17, 15) is 0 Å². The van der Waals surface area contributed by atoms with E-state index in [2.05, 4.69) is 39.4 Å². The molecule has 0 spiro atoms. The number of hydrogen-bond donors (Lipinski definition) is 2. The molecule has 1 aromatic rings. The summed E-state index contributed by atoms with van der Waals surface area (Å²) in [5.74, 6) is 2.61. The minimum Gasteiger partial charge on any atom is -0.374 e. The van der Waals surface area contributed by atoms with Crippen molar-refractivity contribution in [3.63, 3.8) is 0 Å². The van der Waals surface area contributed by atoms with E-state index in [1.807, 2.05) is 30.4 Å². The van der Waals surface area contributed by atoms with Gasteiger partial charge < -0.3 is 15.4 Å². The first kappa shape index (κ1) is 20.5. The second-order valence-electron chi connectivity index (χ2n) is 6.53. The molecule has 6 nitrogen and oxygen atoms in total. The van der Waals surface area contributed by atoms with Gasteiger partial charge in [0.05, 0.1) is 12.7 Å². The highest BCUT2D eigenvalue weighted by Gasteiger charge is 2.20. The molecule has 142 valence electrons. The number of guanidine groups is 1. The van der Waals surface area contributed by atoms with Crippen LogP contribution in [0.3, 0.4) is 0 Å². The molecule has 1 unspecified atom stereocenters. The summed E-state index contributed by atoms with van der Waals surface area (Å²) < 4.78 is 7.01. The number of hydrogen-bond acceptors (Lipinski definition) is 6. The number of nitrogens with zero attached hydrogens (tertiary/aromatic N) is 3. The van der Waals surface area contributed by atoms with E-state index < -0.39 is 0 Å². The van der Waals surface area contributed by atoms with Gasteiger partial charge >= 0.3 is 0 Å². The number of thioether (sulfide) groups is 1. The third kappa shape index (κ3) is 8.40. The van der Waals surface area contributed by atoms with Gasteiger partial charge in [-0.15, -0.1) is 11.3 Å². The molecule has 1 saturated heterocycles. The van der Waals surface area contributed by atoms with Crippen LogP contribution in [0.15, 0.2) is 20.9 Å². The molecule has 25 heavy (non-hydrogen) atoms. The van der Waals surface area contributed by atoms with Crippen LogP contribution in [-0.4, -0.2) is 74.1 Å². The van der Waals surface area contributed by atoms with Gasteiger partial charge in [-0.25, -0.2) is 4.98 Å². The zero-order chi connectivity index (χ0) is 17.9. The molecule has 0 saturated carbocycles. The van der Waals surface area contributed by atoms with E-state index >= 15 is 0 Å². The summed E-state index contributed by atoms with van der Waals surface area (Å²) in [5, 5.41) is 8.78. The minimum atomic E-state index is 0.228. The van der Waals surface area contributed by atoms with Crippen LogP contribution in [-0.2, 0) is 4.74 Å². The van der Waals surface area contributed by atoms with E-state index in [0.717, 1.165) is 61.8 Å². The third-order valence-electron chi connectivity index (χ3n) is 3.82. The number of ether oxygens (including phenoxy) is 1. The number of rotatable bonds is 9. The van der Waals surface area contributed by atoms with Crippen LogP contribution in [0.4, 0.5) is 0 Å². The van der Waals surface area contributed by atoms with Crippen LogP contribution in [0.2, 0.25) is 0 Å². The number of nitrogens with one attached hydrogen (secondary N) is 2. The Labute approximate surface area is 159 Å². The van der Waals surface area contributed by atoms with Gasteiger partial charge in [-0.2, -0.15) is 0 Å². The maximum absolute atomic E-state index is 5.87. The van der Waals surface area contributed by atoms with E-state index in [1.54, 1.807) is 11.3 Å². The summed E-state index contributed by atoms with van der Waals surface area (Å²) >= 11 is 3.51. The van der Waals surface area contributed by atoms with Crippen molar-refractivity contribution in [3.05, 3.63) is 11.6 Å². The first-order valence-corrected chi connectivity index (χ1v) is 10.8. The molecule has 2 rings (SSSR count). The van der Waals surface area contributed by atoms with Crippen molar-refractivity contribution < 1.29 is 4.74 Å². The van der Waals surface area contributed by atoms with Crippen molar-refractivity contribution in [2.75, 3.05) is 52.1 Å². The van der Waals surface area contributed by atoms with E-state index in [1.165, 1.54) is 0 Å². The quantitative estimate of drug-likeness (QED) is 0.294. The molecule has 1 aliphatic heterocycles. The smallest absolute Gasteiger partial charge is 0.191 e. The molecule has 0 radical (unpaired) electrons. The number of aliphatic imine (C=N–C) groups is 1. The fraction of sp³-hybridized carbons (Fsp3) is 0.765. The molecule has 0 amide bonds. The summed E-state index contributed by atoms with van der Waals surface area (Å²) in [6.45, 7) is 10.2. The lowest BCUT2D eigenvalue weighted by molar-refractivity contribution is -0.0284. The average Bonchev–Trinajstić information content (AvgIpc) is 3.10. The Morgan fingerprint density at radius 2 is 2.40 bits per heavy atom. The lowest BCUT2D eigenvalue weighted by Gasteiger charge is -2.34. The molecule has 0 aromatic carbocycles. The highest BCUT2D eigenvalue weighted by atomic mass is 32.2. The maximum Gasteiger partial charge on any atom is 0.191 e. The van der Waals surface area contributed by atoms with Gasteiger partial charge in [0, 0.05) is 57.1 Å². The number of aromatic nitrogens is 1. The lowest BCUT2D eigenvalue weighted by atomic mass is 10.2. The van der Waals surface area contributed by atoms with Crippen LogP contribution in [0, 0.1) is 5.92 Å². The van der Waals surface area contributed by atoms with Gasteiger partial charge in [0.2, 0.25) is 0 Å². The fourth-order valence-electron chi connectivity index (χ4n) is 2.74. The minimum absolute atomic E-state index is 0.228. The second-order valence-corrected chi connectivity index (χ2v) is 8.76. The Bertz CT molecular complexity index is 495. The van der Waals surface area contributed by atoms with Crippen molar-refractivity contribution >= 4 is 29.1 Å². The van der Waals surface area contributed by atoms with Gasteiger partial charge in [-0.1, -0.05) is 25.6 Å². The molecule has 2 N–H and O–H groups in total. The van der Waals surface area contributed by atoms with Crippen LogP contribution in [0.5, 0.6) is 0 Å². The molecule has 1 fully saturated rings. The predicted molar refractivity (Wildman–Crippen MR) is 108 cm³/mol. The Morgan fingerprint density at radius 3 is 3.12 bits per heavy atom. The molecule has 8 heteroatoms. The van der Waals surface area contributed by atoms with Crippen molar-refractivity contribution in [2.24, 2.45) is 10.9 Å². The summed E-state index contributed by atoms with van der Waals surface area (Å²) in [7, 11) is 1.81. The molecule has 0 bridgehead atoms. The molecule has 0 aliphatic carbocycles. The molecule has 2 heterocycles. The predicted octanol–water partition coefficient (Wildman–Crippen LogP) is 2.15. The largest absolute Gasteiger partial charge is 0.374 e. The summed E-state index contributed by atoms with van der Waals surface area (Å²) in [4.78, 5) is 11.1. The number of morpholine rings is 1. The van der Waals surface area contributed by atoms with Crippen LogP contribution >= 0.6 is 23.1 Å². The summed E-state index contributed by atoms with van der Waals surface area (Å²) in [5.41, 5.74) is 0. The highest BCUT2D eigenvalue weighted by Crippen LogP contribution is 2.20. The Morgan fingerprint density at radius 1 is 1.52 bits per heavy atom. The molecule has 1 atom stereocenters. The van der Waals surface area contributed by atoms with Crippen molar-refractivity contribution in [1.29, 1.82) is 0 Å². The van der Waals surface area contributed by atoms with Gasteiger partial charge in [0.1, 0.15) is 4.34 Å². The number of thiazole rings is 1. The molecule has 1 aromatic heterocycles. The summed E-state index contributed by atoms with van der Waals surface area (Å²) in [6, 6.07) is 0. The van der Waals surface area contributed by atoms with Gasteiger partial charge in [0.25, 0.3) is 0 Å². The van der Waals surface area contributed by atoms with Gasteiger partial charge in [-0.3, -0.25) is 9.89 Å². The van der Waals surface area contributed by atoms with E-state index in [0.29, 0.717) is 5.92 Å². The Hall–Kier alpha value is -0.830. The van der Waals surface area contributed by atoms with Crippen LogP contribution in [0.1, 0.15) is 20.3 Å². The Balaban J connectivity index is 1.58. The summed E-state index contributed by atoms with van der Waals surface area (Å²) in [6.07, 6.45) is 3.16. The SMILES string of the molecule is CN=C(NCCCSc1nccs1)NCC1CN(CC(C)C)CCO1. The van der Waals surface area contributed by atoms with Crippen molar-refractivity contribution in [1.82, 2.24) is 20.5 Å². The monoisotopic (exact) mass is 385 g/mol. The zero-order valence-electron chi connectivity index (χ0n) is 15.5. The van der Waals surface area contributed by atoms with Crippen molar-refractivity contribution in [3.8, 4) is 0 Å². The maximum atomic E-state index is 5.87. The molecular formula is C17H31N5OS2. The van der Waals surface area contributed by atoms with E-state index in [4.69, 9.17) is 4.74 Å². The molecule has 1 aliphatic rings. The Kier molecular flexibility index (Phi) is 9.60. The van der Waals surface area contributed by atoms with Crippen molar-refractivity contribution in [2.45, 2.75) is 30.7 Å². The first-order valence-electron chi connectivity index (χ1n) is 8.98. The molecular weight excluding hydrogens is 354 g/mol. The van der Waals surface area contributed by atoms with E-state index in [-0.39, 0.29) is 6.10 Å². The standard InChI is InChI=1S/C17H31N5OS2/c1-14(2)12-22-7-8-23-15(13-22)11-21-16(18-3)19-5-4-9-24-17-20-6-10-25-17/h6,10,14-15H,4-5,7-9,11-13H2,1-3H3,(H2,18,19,21). The normalized spacial score (nSPS) is 19.4. The van der Waals surface area contributed by atoms with Gasteiger partial charge in [-0.05, 0) is 12.3 Å². The highest BCUT2D eigenvalue weighted by molar-refractivity contribution is 8.00. The van der Waals surface area contributed by atoms with Gasteiger partial charge in [0.15, 0.2) is 5.96 Å².